The van der Waals surface area contributed by atoms with Crippen LogP contribution in [0.2, 0.25) is 0 Å². The Morgan fingerprint density at radius 2 is 2.00 bits per heavy atom. The number of halogens is 1. The Hall–Kier alpha value is -2.21. The van der Waals surface area contributed by atoms with Crippen molar-refractivity contribution in [1.29, 1.82) is 0 Å². The number of carbonyl (C=O) groups excluding carboxylic acids is 1. The number of nitrogens with one attached hydrogen (secondary N) is 1. The molecule has 0 aliphatic rings. The molecule has 0 bridgehead atoms. The molecule has 4 nitrogen and oxygen atoms in total. The zero-order chi connectivity index (χ0) is 15.2. The number of ether oxygens (including phenoxy) is 1. The molecule has 0 atom stereocenters. The molecular weight excluding hydrogens is 291 g/mol. The van der Waals surface area contributed by atoms with Crippen LogP contribution in [0, 0.1) is 5.82 Å². The fourth-order valence-electron chi connectivity index (χ4n) is 1.69. The van der Waals surface area contributed by atoms with Gasteiger partial charge in [-0.2, -0.15) is 0 Å². The van der Waals surface area contributed by atoms with Crippen molar-refractivity contribution in [2.45, 2.75) is 4.90 Å². The molecule has 0 unspecified atom stereocenters. The Kier molecular flexibility index (Phi) is 5.05. The third-order valence-electron chi connectivity index (χ3n) is 2.68. The minimum atomic E-state index is -0.298. The summed E-state index contributed by atoms with van der Waals surface area (Å²) in [5, 5.41) is 2.75. The van der Waals surface area contributed by atoms with Crippen LogP contribution in [0.1, 0.15) is 0 Å². The summed E-state index contributed by atoms with van der Waals surface area (Å²) in [7, 11) is 1.52. The van der Waals surface area contributed by atoms with E-state index in [0.717, 1.165) is 4.90 Å². The van der Waals surface area contributed by atoms with Gasteiger partial charge in [0, 0.05) is 10.6 Å². The quantitative estimate of drug-likeness (QED) is 0.658. The molecule has 110 valence electrons. The Balaban J connectivity index is 1.95. The maximum absolute atomic E-state index is 12.8. The van der Waals surface area contributed by atoms with E-state index < -0.39 is 0 Å². The molecule has 0 fully saturated rings. The largest absolute Gasteiger partial charge is 0.495 e. The van der Waals surface area contributed by atoms with Gasteiger partial charge in [-0.25, -0.2) is 4.39 Å². The summed E-state index contributed by atoms with van der Waals surface area (Å²) in [6, 6.07) is 11.0. The zero-order valence-electron chi connectivity index (χ0n) is 11.4. The number of rotatable bonds is 5. The monoisotopic (exact) mass is 306 g/mol. The summed E-state index contributed by atoms with van der Waals surface area (Å²) < 4.78 is 17.9. The van der Waals surface area contributed by atoms with Crippen LogP contribution in [-0.2, 0) is 4.79 Å². The van der Waals surface area contributed by atoms with Crippen LogP contribution in [0.5, 0.6) is 5.75 Å². The van der Waals surface area contributed by atoms with Crippen LogP contribution in [0.15, 0.2) is 47.4 Å². The number of nitrogens with two attached hydrogens (primary N) is 1. The van der Waals surface area contributed by atoms with Crippen LogP contribution in [-0.4, -0.2) is 18.8 Å². The molecule has 0 aromatic heterocycles. The Morgan fingerprint density at radius 1 is 1.29 bits per heavy atom. The van der Waals surface area contributed by atoms with Crippen molar-refractivity contribution in [3.8, 4) is 5.75 Å². The van der Waals surface area contributed by atoms with Gasteiger partial charge in [0.25, 0.3) is 0 Å². The van der Waals surface area contributed by atoms with E-state index in [9.17, 15) is 9.18 Å². The first kappa shape index (κ1) is 15.2. The van der Waals surface area contributed by atoms with Crippen molar-refractivity contribution >= 4 is 29.0 Å². The minimum Gasteiger partial charge on any atom is -0.495 e. The highest BCUT2D eigenvalue weighted by Gasteiger charge is 2.08. The summed E-state index contributed by atoms with van der Waals surface area (Å²) in [4.78, 5) is 12.8. The predicted molar refractivity (Wildman–Crippen MR) is 83.2 cm³/mol. The van der Waals surface area contributed by atoms with Crippen LogP contribution in [0.4, 0.5) is 15.8 Å². The minimum absolute atomic E-state index is 0.187. The molecule has 0 aliphatic heterocycles. The van der Waals surface area contributed by atoms with E-state index >= 15 is 0 Å². The highest BCUT2D eigenvalue weighted by Crippen LogP contribution is 2.27. The SMILES string of the molecule is COc1ccc(N)cc1NC(=O)CSc1ccc(F)cc1. The van der Waals surface area contributed by atoms with E-state index in [-0.39, 0.29) is 17.5 Å². The Morgan fingerprint density at radius 3 is 2.67 bits per heavy atom. The van der Waals surface area contributed by atoms with Crippen molar-refractivity contribution in [2.75, 3.05) is 23.9 Å². The molecule has 2 rings (SSSR count). The average molecular weight is 306 g/mol. The van der Waals surface area contributed by atoms with Crippen molar-refractivity contribution in [1.82, 2.24) is 0 Å². The van der Waals surface area contributed by atoms with Crippen LogP contribution >= 0.6 is 11.8 Å². The summed E-state index contributed by atoms with van der Waals surface area (Å²) in [6.45, 7) is 0. The zero-order valence-corrected chi connectivity index (χ0v) is 12.2. The number of hydrogen-bond acceptors (Lipinski definition) is 4. The average Bonchev–Trinajstić information content (AvgIpc) is 2.47. The molecule has 0 heterocycles. The molecule has 0 saturated carbocycles. The second-order valence-corrected chi connectivity index (χ2v) is 5.30. The van der Waals surface area contributed by atoms with Crippen molar-refractivity contribution in [2.24, 2.45) is 0 Å². The summed E-state index contributed by atoms with van der Waals surface area (Å²) in [6.07, 6.45) is 0. The normalized spacial score (nSPS) is 10.2. The molecule has 3 N–H and O–H groups in total. The fourth-order valence-corrected chi connectivity index (χ4v) is 2.39. The second kappa shape index (κ2) is 6.99. The molecule has 6 heteroatoms. The van der Waals surface area contributed by atoms with Gasteiger partial charge in [-0.05, 0) is 42.5 Å². The lowest BCUT2D eigenvalue weighted by Gasteiger charge is -2.10. The number of benzene rings is 2. The molecule has 2 aromatic rings. The first-order valence-electron chi connectivity index (χ1n) is 6.20. The number of anilines is 2. The summed E-state index contributed by atoms with van der Waals surface area (Å²) in [5.74, 6) is 0.273. The van der Waals surface area contributed by atoms with Crippen molar-refractivity contribution < 1.29 is 13.9 Å². The molecule has 21 heavy (non-hydrogen) atoms. The standard InChI is InChI=1S/C15H15FN2O2S/c1-20-14-7-4-11(17)8-13(14)18-15(19)9-21-12-5-2-10(16)3-6-12/h2-8H,9,17H2,1H3,(H,18,19). The highest BCUT2D eigenvalue weighted by molar-refractivity contribution is 8.00. The van der Waals surface area contributed by atoms with Gasteiger partial charge in [0.15, 0.2) is 0 Å². The second-order valence-electron chi connectivity index (χ2n) is 4.25. The van der Waals surface area contributed by atoms with Gasteiger partial charge in [0.2, 0.25) is 5.91 Å². The van der Waals surface area contributed by atoms with Crippen molar-refractivity contribution in [3.05, 3.63) is 48.3 Å². The molecule has 0 radical (unpaired) electrons. The van der Waals surface area contributed by atoms with E-state index in [1.165, 1.54) is 31.0 Å². The topological polar surface area (TPSA) is 64.3 Å². The highest BCUT2D eigenvalue weighted by atomic mass is 32.2. The lowest BCUT2D eigenvalue weighted by molar-refractivity contribution is -0.113. The third kappa shape index (κ3) is 4.39. The van der Waals surface area contributed by atoms with E-state index in [1.807, 2.05) is 0 Å². The molecule has 1 amide bonds. The fraction of sp³-hybridized carbons (Fsp3) is 0.133. The smallest absolute Gasteiger partial charge is 0.234 e. The maximum Gasteiger partial charge on any atom is 0.234 e. The molecule has 0 aliphatic carbocycles. The predicted octanol–water partition coefficient (Wildman–Crippen LogP) is 3.15. The van der Waals surface area contributed by atoms with Crippen LogP contribution in [0.3, 0.4) is 0 Å². The number of nitrogen functional groups attached to an aromatic ring is 1. The van der Waals surface area contributed by atoms with Gasteiger partial charge >= 0.3 is 0 Å². The van der Waals surface area contributed by atoms with Gasteiger partial charge in [-0.3, -0.25) is 4.79 Å². The Bertz CT molecular complexity index is 632. The van der Waals surface area contributed by atoms with E-state index in [0.29, 0.717) is 17.1 Å². The van der Waals surface area contributed by atoms with Gasteiger partial charge < -0.3 is 15.8 Å². The molecular formula is C15H15FN2O2S. The number of methoxy groups -OCH3 is 1. The number of amides is 1. The van der Waals surface area contributed by atoms with Crippen molar-refractivity contribution in [3.63, 3.8) is 0 Å². The maximum atomic E-state index is 12.8. The molecule has 0 spiro atoms. The lowest BCUT2D eigenvalue weighted by Crippen LogP contribution is -2.14. The Labute approximate surface area is 126 Å². The number of hydrogen-bond donors (Lipinski definition) is 2. The van der Waals surface area contributed by atoms with Crippen LogP contribution in [0.25, 0.3) is 0 Å². The van der Waals surface area contributed by atoms with Crippen LogP contribution < -0.4 is 15.8 Å². The lowest BCUT2D eigenvalue weighted by atomic mass is 10.2. The van der Waals surface area contributed by atoms with Gasteiger partial charge in [0.05, 0.1) is 18.6 Å². The van der Waals surface area contributed by atoms with E-state index in [1.54, 1.807) is 30.3 Å². The summed E-state index contributed by atoms with van der Waals surface area (Å²) >= 11 is 1.32. The van der Waals surface area contributed by atoms with Gasteiger partial charge in [-0.15, -0.1) is 11.8 Å². The third-order valence-corrected chi connectivity index (χ3v) is 3.69. The van der Waals surface area contributed by atoms with Gasteiger partial charge in [0.1, 0.15) is 11.6 Å². The number of thioether (sulfide) groups is 1. The first-order valence-corrected chi connectivity index (χ1v) is 7.19. The van der Waals surface area contributed by atoms with E-state index in [4.69, 9.17) is 10.5 Å². The molecule has 2 aromatic carbocycles. The number of carbonyl (C=O) groups is 1. The van der Waals surface area contributed by atoms with E-state index in [2.05, 4.69) is 5.32 Å². The summed E-state index contributed by atoms with van der Waals surface area (Å²) in [5.41, 5.74) is 6.76. The first-order chi connectivity index (χ1) is 10.1. The van der Waals surface area contributed by atoms with Gasteiger partial charge in [-0.1, -0.05) is 0 Å². The molecule has 0 saturated heterocycles.